The normalized spacial score (nSPS) is 14.1. The maximum absolute atomic E-state index is 11.8. The summed E-state index contributed by atoms with van der Waals surface area (Å²) in [5, 5.41) is 6.46. The van der Waals surface area contributed by atoms with Crippen molar-refractivity contribution < 1.29 is 19.1 Å². The third kappa shape index (κ3) is 7.34. The number of ether oxygens (including phenoxy) is 2. The molecule has 10 nitrogen and oxygen atoms in total. The highest BCUT2D eigenvalue weighted by atomic mass is 16.5. The van der Waals surface area contributed by atoms with E-state index >= 15 is 0 Å². The molecule has 0 saturated carbocycles. The second-order valence-electron chi connectivity index (χ2n) is 8.97. The first-order chi connectivity index (χ1) is 18.6. The molecule has 4 N–H and O–H groups in total. The number of hydrogen-bond donors (Lipinski definition) is 3. The van der Waals surface area contributed by atoms with Gasteiger partial charge in [0.1, 0.15) is 5.75 Å². The quantitative estimate of drug-likeness (QED) is 0.176. The Morgan fingerprint density at radius 3 is 2.71 bits per heavy atom. The van der Waals surface area contributed by atoms with E-state index in [4.69, 9.17) is 15.2 Å². The maximum Gasteiger partial charge on any atom is 0.227 e. The van der Waals surface area contributed by atoms with Gasteiger partial charge in [-0.25, -0.2) is 9.97 Å². The average Bonchev–Trinajstić information content (AvgIpc) is 2.96. The molecular formula is C28H34N6O4. The van der Waals surface area contributed by atoms with Crippen LogP contribution in [0.4, 0.5) is 17.3 Å². The largest absolute Gasteiger partial charge is 0.494 e. The second kappa shape index (κ2) is 13.6. The molecule has 200 valence electrons. The van der Waals surface area contributed by atoms with Gasteiger partial charge in [0.2, 0.25) is 11.7 Å². The number of ketones is 1. The van der Waals surface area contributed by atoms with E-state index in [-0.39, 0.29) is 0 Å². The summed E-state index contributed by atoms with van der Waals surface area (Å²) in [7, 11) is 0. The Morgan fingerprint density at radius 2 is 1.97 bits per heavy atom. The number of hydrogen-bond acceptors (Lipinski definition) is 10. The molecule has 0 amide bonds. The minimum atomic E-state index is -0.570. The standard InChI is InChI=1S/C28H34N6O4/c1-20(27(36)19-35)31-18-22-17-23(5-8-26(22)34-12-15-37-16-13-34)32-28-30-11-9-25(33-28)21-3-6-24(7-4-21)38-14-2-10-29/h3-9,11,17,19-20,31H,2,10,12-16,18,29H2,1H3,(H,30,32,33). The van der Waals surface area contributed by atoms with E-state index in [1.807, 2.05) is 48.5 Å². The molecule has 3 aromatic rings. The Morgan fingerprint density at radius 1 is 1.18 bits per heavy atom. The first-order valence-corrected chi connectivity index (χ1v) is 12.8. The molecule has 0 spiro atoms. The van der Waals surface area contributed by atoms with Gasteiger partial charge >= 0.3 is 0 Å². The minimum Gasteiger partial charge on any atom is -0.494 e. The van der Waals surface area contributed by atoms with Gasteiger partial charge in [-0.05, 0) is 74.0 Å². The van der Waals surface area contributed by atoms with Gasteiger partial charge in [-0.1, -0.05) is 0 Å². The molecule has 0 radical (unpaired) electrons. The van der Waals surface area contributed by atoms with Gasteiger partial charge in [-0.15, -0.1) is 0 Å². The number of benzene rings is 2. The molecule has 4 rings (SSSR count). The molecule has 10 heteroatoms. The van der Waals surface area contributed by atoms with Crippen molar-refractivity contribution in [2.45, 2.75) is 25.9 Å². The van der Waals surface area contributed by atoms with E-state index in [2.05, 4.69) is 25.5 Å². The fourth-order valence-electron chi connectivity index (χ4n) is 4.09. The number of carbonyl (C=O) groups excluding carboxylic acids is 2. The molecule has 1 unspecified atom stereocenters. The molecule has 2 heterocycles. The van der Waals surface area contributed by atoms with Crippen LogP contribution in [0.5, 0.6) is 5.75 Å². The fourth-order valence-corrected chi connectivity index (χ4v) is 4.09. The third-order valence-corrected chi connectivity index (χ3v) is 6.25. The maximum atomic E-state index is 11.8. The fraction of sp³-hybridized carbons (Fsp3) is 0.357. The SMILES string of the molecule is CC(NCc1cc(Nc2nccc(-c3ccc(OCCCN)cc3)n2)ccc1N1CCOCC1)C(=O)C=O. The van der Waals surface area contributed by atoms with Gasteiger partial charge in [0.05, 0.1) is 31.6 Å². The van der Waals surface area contributed by atoms with Crippen LogP contribution in [0.15, 0.2) is 54.7 Å². The van der Waals surface area contributed by atoms with Crippen LogP contribution in [0.3, 0.4) is 0 Å². The first-order valence-electron chi connectivity index (χ1n) is 12.8. The summed E-state index contributed by atoms with van der Waals surface area (Å²) in [6, 6.07) is 15.1. The van der Waals surface area contributed by atoms with Crippen molar-refractivity contribution in [1.82, 2.24) is 15.3 Å². The summed E-state index contributed by atoms with van der Waals surface area (Å²) in [5.74, 6) is 0.779. The van der Waals surface area contributed by atoms with Crippen LogP contribution in [-0.2, 0) is 20.9 Å². The Hall–Kier alpha value is -3.86. The number of rotatable bonds is 13. The van der Waals surface area contributed by atoms with Gasteiger partial charge in [0.25, 0.3) is 0 Å². The van der Waals surface area contributed by atoms with Crippen LogP contribution in [0.1, 0.15) is 18.9 Å². The molecule has 1 fully saturated rings. The summed E-state index contributed by atoms with van der Waals surface area (Å²) >= 11 is 0. The van der Waals surface area contributed by atoms with Crippen molar-refractivity contribution in [3.63, 3.8) is 0 Å². The van der Waals surface area contributed by atoms with Crippen molar-refractivity contribution >= 4 is 29.4 Å². The number of aldehydes is 1. The lowest BCUT2D eigenvalue weighted by Crippen LogP contribution is -2.38. The van der Waals surface area contributed by atoms with E-state index in [1.54, 1.807) is 13.1 Å². The molecule has 1 saturated heterocycles. The van der Waals surface area contributed by atoms with Gasteiger partial charge < -0.3 is 30.7 Å². The lowest BCUT2D eigenvalue weighted by atomic mass is 10.1. The van der Waals surface area contributed by atoms with Crippen molar-refractivity contribution in [2.24, 2.45) is 5.73 Å². The number of nitrogens with zero attached hydrogens (tertiary/aromatic N) is 3. The van der Waals surface area contributed by atoms with E-state index in [0.29, 0.717) is 45.1 Å². The number of morpholine rings is 1. The summed E-state index contributed by atoms with van der Waals surface area (Å²) in [6.07, 6.45) is 2.88. The molecule has 38 heavy (non-hydrogen) atoms. The zero-order valence-corrected chi connectivity index (χ0v) is 21.6. The van der Waals surface area contributed by atoms with E-state index in [0.717, 1.165) is 53.5 Å². The lowest BCUT2D eigenvalue weighted by molar-refractivity contribution is -0.131. The number of nitrogens with two attached hydrogens (primary N) is 1. The first kappa shape index (κ1) is 27.2. The molecule has 0 aliphatic carbocycles. The monoisotopic (exact) mass is 518 g/mol. The highest BCUT2D eigenvalue weighted by Crippen LogP contribution is 2.27. The number of aromatic nitrogens is 2. The van der Waals surface area contributed by atoms with Crippen LogP contribution < -0.4 is 26.0 Å². The van der Waals surface area contributed by atoms with Gasteiger partial charge in [-0.3, -0.25) is 9.59 Å². The third-order valence-electron chi connectivity index (χ3n) is 6.25. The molecule has 2 aromatic carbocycles. The van der Waals surface area contributed by atoms with Crippen LogP contribution in [0.2, 0.25) is 0 Å². The highest BCUT2D eigenvalue weighted by molar-refractivity contribution is 6.27. The predicted molar refractivity (Wildman–Crippen MR) is 147 cm³/mol. The lowest BCUT2D eigenvalue weighted by Gasteiger charge is -2.31. The summed E-state index contributed by atoms with van der Waals surface area (Å²) < 4.78 is 11.2. The van der Waals surface area contributed by atoms with Gasteiger partial charge in [0, 0.05) is 42.8 Å². The Labute approximate surface area is 222 Å². The second-order valence-corrected chi connectivity index (χ2v) is 8.97. The Kier molecular flexibility index (Phi) is 9.74. The number of carbonyl (C=O) groups is 2. The van der Waals surface area contributed by atoms with E-state index in [9.17, 15) is 9.59 Å². The number of nitrogens with one attached hydrogen (secondary N) is 2. The average molecular weight is 519 g/mol. The smallest absolute Gasteiger partial charge is 0.227 e. The zero-order chi connectivity index (χ0) is 26.7. The van der Waals surface area contributed by atoms with Crippen molar-refractivity contribution in [3.8, 4) is 17.0 Å². The number of Topliss-reactive ketones (excluding diaryl/α,β-unsaturated/α-hetero) is 1. The summed E-state index contributed by atoms with van der Waals surface area (Å²) in [5.41, 5.74) is 10.1. The summed E-state index contributed by atoms with van der Waals surface area (Å²) in [6.45, 7) is 6.18. The molecular weight excluding hydrogens is 484 g/mol. The molecule has 1 aliphatic heterocycles. The van der Waals surface area contributed by atoms with Gasteiger partial charge in [-0.2, -0.15) is 0 Å². The molecule has 1 atom stereocenters. The van der Waals surface area contributed by atoms with Crippen molar-refractivity contribution in [1.29, 1.82) is 0 Å². The van der Waals surface area contributed by atoms with Crippen LogP contribution >= 0.6 is 0 Å². The Balaban J connectivity index is 1.50. The number of anilines is 3. The predicted octanol–water partition coefficient (Wildman–Crippen LogP) is 2.70. The molecule has 0 bridgehead atoms. The zero-order valence-electron chi connectivity index (χ0n) is 21.6. The summed E-state index contributed by atoms with van der Waals surface area (Å²) in [4.78, 5) is 34.0. The van der Waals surface area contributed by atoms with Crippen molar-refractivity contribution in [3.05, 3.63) is 60.3 Å². The minimum absolute atomic E-state index is 0.352. The molecule has 1 aromatic heterocycles. The van der Waals surface area contributed by atoms with Gasteiger partial charge in [0.15, 0.2) is 6.29 Å². The van der Waals surface area contributed by atoms with Crippen molar-refractivity contribution in [2.75, 3.05) is 49.7 Å². The van der Waals surface area contributed by atoms with Crippen LogP contribution in [-0.4, -0.2) is 67.5 Å². The van der Waals surface area contributed by atoms with E-state index < -0.39 is 11.8 Å². The Bertz CT molecular complexity index is 1210. The van der Waals surface area contributed by atoms with Crippen LogP contribution in [0.25, 0.3) is 11.3 Å². The topological polar surface area (TPSA) is 132 Å². The molecule has 1 aliphatic rings. The van der Waals surface area contributed by atoms with E-state index in [1.165, 1.54) is 0 Å². The highest BCUT2D eigenvalue weighted by Gasteiger charge is 2.17. The van der Waals surface area contributed by atoms with Crippen LogP contribution in [0, 0.1) is 0 Å².